The molecule has 8 aromatic rings. The quantitative estimate of drug-likeness (QED) is 0.165. The van der Waals surface area contributed by atoms with E-state index in [0.29, 0.717) is 16.3 Å². The van der Waals surface area contributed by atoms with E-state index in [1.54, 1.807) is 30.3 Å². The SMILES string of the molecule is [2H]C([2H])([2H])c1c[c-]c(-c2ccc(C(C)(C)C)cn2)cc1.[2H]C([2H])([2H])c1ccc(-c2cc(C([2H])([2H])[2H])c(-c3cc(-c4[c-]ccc5c4oc4nc(C([2H])([2H])[2H])ccc45)ncc3C([2H])([2H])[2H])cc2C([2H])([2H])[2H])cc1.[Ir]. The molecule has 0 amide bonds. The van der Waals surface area contributed by atoms with Crippen molar-refractivity contribution in [2.24, 2.45) is 0 Å². The van der Waals surface area contributed by atoms with Crippen molar-refractivity contribution < 1.29 is 49.2 Å². The fraction of sp³-hybridized carbons (Fsp3) is 0.204. The minimum Gasteiger partial charge on any atom is -0.486 e. The van der Waals surface area contributed by atoms with E-state index in [4.69, 9.17) is 29.1 Å². The summed E-state index contributed by atoms with van der Waals surface area (Å²) >= 11 is 0. The Balaban J connectivity index is 0.000000338. The van der Waals surface area contributed by atoms with Crippen LogP contribution in [0.5, 0.6) is 0 Å². The van der Waals surface area contributed by atoms with Crippen molar-refractivity contribution in [3.05, 3.63) is 161 Å². The van der Waals surface area contributed by atoms with Crippen LogP contribution in [-0.2, 0) is 25.5 Å². The van der Waals surface area contributed by atoms with Crippen LogP contribution in [-0.4, -0.2) is 15.0 Å². The minimum atomic E-state index is -2.87. The summed E-state index contributed by atoms with van der Waals surface area (Å²) in [7, 11) is 0. The molecular formula is C49H45IrN3O-2. The van der Waals surface area contributed by atoms with Crippen LogP contribution in [0.1, 0.15) is 84.5 Å². The summed E-state index contributed by atoms with van der Waals surface area (Å²) in [5.74, 6) is 0. The number of nitrogens with zero attached hydrogens (tertiary/aromatic N) is 3. The van der Waals surface area contributed by atoms with Gasteiger partial charge in [-0.25, -0.2) is 4.98 Å². The first-order chi connectivity index (χ1) is 32.6. The molecule has 0 saturated heterocycles. The van der Waals surface area contributed by atoms with Crippen LogP contribution in [0.25, 0.3) is 66.8 Å². The Labute approximate surface area is 358 Å². The standard InChI is InChI=1S/C33H27N2O.C16H18N.Ir/c1-19-9-12-24(13-10-19)28-15-21(3)29(16-20(28)2)30-17-31(34-18-22(30)4)27-8-6-7-25-26-14-11-23(5)35-33(26)36-32(25)27;1-12-5-7-13(8-6-12)15-10-9-14(11-17-15)16(2,3)4;/h6-7,9-18H,1-5H3;5-7,9-11H,1-4H3;/q2*-1;/i1D3,2D3,3D3,4D3,5D3;1D3;. The van der Waals surface area contributed by atoms with Gasteiger partial charge in [-0.05, 0) is 108 Å². The molecule has 54 heavy (non-hydrogen) atoms. The molecule has 0 aliphatic heterocycles. The normalized spacial score (nSPS) is 17.6. The number of furan rings is 1. The maximum Gasteiger partial charge on any atom is 0.216 e. The topological polar surface area (TPSA) is 51.8 Å². The molecule has 4 nitrogen and oxygen atoms in total. The van der Waals surface area contributed by atoms with Crippen LogP contribution < -0.4 is 0 Å². The number of hydrogen-bond acceptors (Lipinski definition) is 4. The molecule has 4 heterocycles. The maximum atomic E-state index is 8.43. The Kier molecular flexibility index (Phi) is 6.26. The first kappa shape index (κ1) is 21.6. The molecule has 0 aliphatic carbocycles. The van der Waals surface area contributed by atoms with Crippen LogP contribution in [0.2, 0.25) is 0 Å². The Bertz CT molecular complexity index is 3180. The zero-order chi connectivity index (χ0) is 52.4. The second-order valence-corrected chi connectivity index (χ2v) is 13.6. The zero-order valence-electron chi connectivity index (χ0n) is 47.5. The Morgan fingerprint density at radius 1 is 0.630 bits per heavy atom. The number of benzene rings is 4. The zero-order valence-corrected chi connectivity index (χ0v) is 31.9. The maximum absolute atomic E-state index is 8.43. The molecule has 4 aromatic carbocycles. The third kappa shape index (κ3) is 7.99. The summed E-state index contributed by atoms with van der Waals surface area (Å²) in [6.45, 7) is -9.09. The van der Waals surface area contributed by atoms with Gasteiger partial charge in [-0.3, -0.25) is 0 Å². The van der Waals surface area contributed by atoms with Crippen molar-refractivity contribution in [3.8, 4) is 44.8 Å². The molecule has 0 atom stereocenters. The largest absolute Gasteiger partial charge is 0.486 e. The number of hydrogen-bond donors (Lipinski definition) is 0. The Morgan fingerprint density at radius 3 is 2.06 bits per heavy atom. The van der Waals surface area contributed by atoms with Crippen molar-refractivity contribution in [2.75, 3.05) is 0 Å². The first-order valence-corrected chi connectivity index (χ1v) is 16.7. The van der Waals surface area contributed by atoms with Gasteiger partial charge < -0.3 is 14.4 Å². The molecule has 0 fully saturated rings. The second kappa shape index (κ2) is 15.6. The van der Waals surface area contributed by atoms with Gasteiger partial charge in [0.05, 0.1) is 5.58 Å². The van der Waals surface area contributed by atoms with E-state index >= 15 is 0 Å². The van der Waals surface area contributed by atoms with Gasteiger partial charge in [0.25, 0.3) is 0 Å². The summed E-state index contributed by atoms with van der Waals surface area (Å²) in [4.78, 5) is 13.0. The summed E-state index contributed by atoms with van der Waals surface area (Å²) in [6, 6.07) is 30.1. The van der Waals surface area contributed by atoms with Gasteiger partial charge in [-0.15, -0.1) is 53.6 Å². The molecule has 0 N–H and O–H groups in total. The molecule has 0 aliphatic rings. The summed E-state index contributed by atoms with van der Waals surface area (Å²) < 4.78 is 149. The Hall–Kier alpha value is -5.22. The molecule has 0 bridgehead atoms. The van der Waals surface area contributed by atoms with Crippen molar-refractivity contribution >= 4 is 22.1 Å². The summed E-state index contributed by atoms with van der Waals surface area (Å²) in [5, 5.41) is 1.04. The van der Waals surface area contributed by atoms with Crippen LogP contribution >= 0.6 is 0 Å². The molecule has 0 unspecified atom stereocenters. The smallest absolute Gasteiger partial charge is 0.216 e. The van der Waals surface area contributed by atoms with E-state index in [9.17, 15) is 0 Å². The average molecular weight is 902 g/mol. The van der Waals surface area contributed by atoms with Crippen molar-refractivity contribution in [2.45, 2.75) is 67.3 Å². The molecule has 4 aromatic heterocycles. The van der Waals surface area contributed by atoms with E-state index in [1.807, 2.05) is 18.3 Å². The first-order valence-electron chi connectivity index (χ1n) is 25.7. The summed E-state index contributed by atoms with van der Waals surface area (Å²) in [5.41, 5.74) is 2.53. The number of aromatic nitrogens is 3. The van der Waals surface area contributed by atoms with E-state index in [2.05, 4.69) is 47.9 Å². The number of fused-ring (bicyclic) bond motifs is 3. The molecule has 1 radical (unpaired) electrons. The molecule has 0 saturated carbocycles. The number of pyridine rings is 3. The minimum absolute atomic E-state index is 0. The van der Waals surface area contributed by atoms with Crippen LogP contribution in [0.3, 0.4) is 0 Å². The predicted molar refractivity (Wildman–Crippen MR) is 220 cm³/mol. The van der Waals surface area contributed by atoms with Crippen LogP contribution in [0.4, 0.5) is 0 Å². The number of rotatable bonds is 4. The predicted octanol–water partition coefficient (Wildman–Crippen LogP) is 12.9. The van der Waals surface area contributed by atoms with Gasteiger partial charge in [0.2, 0.25) is 5.71 Å². The third-order valence-electron chi connectivity index (χ3n) is 8.82. The van der Waals surface area contributed by atoms with Gasteiger partial charge in [0, 0.05) is 68.3 Å². The van der Waals surface area contributed by atoms with Gasteiger partial charge in [-0.1, -0.05) is 98.7 Å². The van der Waals surface area contributed by atoms with Crippen molar-refractivity contribution in [1.82, 2.24) is 15.0 Å². The monoisotopic (exact) mass is 902 g/mol. The fourth-order valence-electron chi connectivity index (χ4n) is 5.92. The van der Waals surface area contributed by atoms with E-state index in [0.717, 1.165) is 23.5 Å². The molecule has 8 rings (SSSR count). The molecular weight excluding hydrogens is 839 g/mol. The van der Waals surface area contributed by atoms with Crippen molar-refractivity contribution in [3.63, 3.8) is 0 Å². The van der Waals surface area contributed by atoms with Gasteiger partial charge in [0.15, 0.2) is 0 Å². The third-order valence-corrected chi connectivity index (χ3v) is 8.82. The average Bonchev–Trinajstić information content (AvgIpc) is 3.65. The van der Waals surface area contributed by atoms with E-state index < -0.39 is 41.1 Å². The molecule has 0 spiro atoms. The number of aryl methyl sites for hydroxylation is 6. The fourth-order valence-corrected chi connectivity index (χ4v) is 5.92. The van der Waals surface area contributed by atoms with Crippen molar-refractivity contribution in [1.29, 1.82) is 0 Å². The van der Waals surface area contributed by atoms with Crippen LogP contribution in [0, 0.1) is 53.2 Å². The molecule has 5 heteroatoms. The van der Waals surface area contributed by atoms with E-state index in [-0.39, 0.29) is 98.3 Å². The van der Waals surface area contributed by atoms with Gasteiger partial charge in [0.1, 0.15) is 0 Å². The van der Waals surface area contributed by atoms with Gasteiger partial charge in [-0.2, -0.15) is 0 Å². The molecule has 273 valence electrons. The van der Waals surface area contributed by atoms with Crippen LogP contribution in [0.15, 0.2) is 114 Å². The Morgan fingerprint density at radius 2 is 1.37 bits per heavy atom. The van der Waals surface area contributed by atoms with E-state index in [1.165, 1.54) is 54.1 Å². The summed E-state index contributed by atoms with van der Waals surface area (Å²) in [6.07, 6.45) is 2.93. The second-order valence-electron chi connectivity index (χ2n) is 13.6. The van der Waals surface area contributed by atoms with Gasteiger partial charge >= 0.3 is 0 Å².